The lowest BCUT2D eigenvalue weighted by atomic mass is 9.70. The molecule has 1 saturated carbocycles. The Bertz CT molecular complexity index is 374. The molecule has 2 aliphatic rings. The molecule has 0 aromatic rings. The van der Waals surface area contributed by atoms with Gasteiger partial charge in [-0.2, -0.15) is 0 Å². The zero-order chi connectivity index (χ0) is 14.8. The van der Waals surface area contributed by atoms with Crippen LogP contribution < -0.4 is 5.32 Å². The van der Waals surface area contributed by atoms with Crippen LogP contribution in [0.1, 0.15) is 46.0 Å². The fourth-order valence-corrected chi connectivity index (χ4v) is 3.18. The van der Waals surface area contributed by atoms with E-state index in [2.05, 4.69) is 12.2 Å². The number of amides is 1. The third-order valence-electron chi connectivity index (χ3n) is 4.86. The number of nitrogens with one attached hydrogen (secondary N) is 1. The quantitative estimate of drug-likeness (QED) is 0.825. The lowest BCUT2D eigenvalue weighted by Crippen LogP contribution is -2.46. The first-order chi connectivity index (χ1) is 9.43. The first kappa shape index (κ1) is 15.3. The van der Waals surface area contributed by atoms with E-state index in [-0.39, 0.29) is 24.5 Å². The van der Waals surface area contributed by atoms with E-state index >= 15 is 0 Å². The second-order valence-electron chi connectivity index (χ2n) is 6.56. The number of carbonyl (C=O) groups is 2. The molecule has 0 aromatic carbocycles. The predicted octanol–water partition coefficient (Wildman–Crippen LogP) is 1.81. The third kappa shape index (κ3) is 3.32. The number of carboxylic acid groups (broad SMARTS) is 1. The molecule has 1 aliphatic heterocycles. The normalized spacial score (nSPS) is 37.6. The van der Waals surface area contributed by atoms with Gasteiger partial charge in [0.15, 0.2) is 0 Å². The first-order valence-electron chi connectivity index (χ1n) is 7.56. The number of rotatable bonds is 4. The van der Waals surface area contributed by atoms with Gasteiger partial charge in [-0.3, -0.25) is 9.59 Å². The van der Waals surface area contributed by atoms with Gasteiger partial charge in [-0.25, -0.2) is 0 Å². The van der Waals surface area contributed by atoms with Gasteiger partial charge in [-0.15, -0.1) is 0 Å². The van der Waals surface area contributed by atoms with Gasteiger partial charge >= 0.3 is 5.97 Å². The van der Waals surface area contributed by atoms with Crippen LogP contribution in [0.4, 0.5) is 0 Å². The van der Waals surface area contributed by atoms with Gasteiger partial charge in [0, 0.05) is 6.54 Å². The van der Waals surface area contributed by atoms with Crippen molar-refractivity contribution >= 4 is 11.9 Å². The van der Waals surface area contributed by atoms with Gasteiger partial charge in [-0.05, 0) is 44.9 Å². The molecule has 0 radical (unpaired) electrons. The Morgan fingerprint density at radius 1 is 1.30 bits per heavy atom. The SMILES string of the molecule is CC1CCC(CNC(=O)C2COC(C)C2)(C(=O)O)CC1. The van der Waals surface area contributed by atoms with Gasteiger partial charge in [0.05, 0.1) is 24.0 Å². The highest BCUT2D eigenvalue weighted by molar-refractivity contribution is 5.81. The minimum Gasteiger partial charge on any atom is -0.481 e. The fraction of sp³-hybridized carbons (Fsp3) is 0.867. The van der Waals surface area contributed by atoms with Crippen molar-refractivity contribution in [2.75, 3.05) is 13.2 Å². The Balaban J connectivity index is 1.89. The second-order valence-corrected chi connectivity index (χ2v) is 6.56. The van der Waals surface area contributed by atoms with Crippen molar-refractivity contribution in [2.45, 2.75) is 52.1 Å². The van der Waals surface area contributed by atoms with Gasteiger partial charge in [-0.1, -0.05) is 6.92 Å². The van der Waals surface area contributed by atoms with E-state index in [0.717, 1.165) is 19.3 Å². The summed E-state index contributed by atoms with van der Waals surface area (Å²) in [5.74, 6) is -0.380. The predicted molar refractivity (Wildman–Crippen MR) is 74.2 cm³/mol. The number of carboxylic acids is 1. The Morgan fingerprint density at radius 3 is 2.45 bits per heavy atom. The van der Waals surface area contributed by atoms with Gasteiger partial charge < -0.3 is 15.2 Å². The van der Waals surface area contributed by atoms with Crippen LogP contribution in [-0.2, 0) is 14.3 Å². The summed E-state index contributed by atoms with van der Waals surface area (Å²) in [6, 6.07) is 0. The number of carbonyl (C=O) groups excluding carboxylic acids is 1. The van der Waals surface area contributed by atoms with Gasteiger partial charge in [0.1, 0.15) is 0 Å². The van der Waals surface area contributed by atoms with Crippen LogP contribution >= 0.6 is 0 Å². The van der Waals surface area contributed by atoms with E-state index in [1.807, 2.05) is 6.92 Å². The standard InChI is InChI=1S/C15H25NO4/c1-10-3-5-15(6-4-10,14(18)19)9-16-13(17)12-7-11(2)20-8-12/h10-12H,3-9H2,1-2H3,(H,16,17)(H,18,19). The maximum Gasteiger partial charge on any atom is 0.311 e. The molecule has 20 heavy (non-hydrogen) atoms. The molecule has 114 valence electrons. The summed E-state index contributed by atoms with van der Waals surface area (Å²) in [7, 11) is 0. The highest BCUT2D eigenvalue weighted by Crippen LogP contribution is 2.38. The fourth-order valence-electron chi connectivity index (χ4n) is 3.18. The monoisotopic (exact) mass is 283 g/mol. The van der Waals surface area contributed by atoms with Crippen molar-refractivity contribution in [1.29, 1.82) is 0 Å². The summed E-state index contributed by atoms with van der Waals surface area (Å²) < 4.78 is 5.39. The van der Waals surface area contributed by atoms with Crippen molar-refractivity contribution < 1.29 is 19.4 Å². The molecule has 1 heterocycles. The molecule has 1 aliphatic carbocycles. The Hall–Kier alpha value is -1.10. The van der Waals surface area contributed by atoms with Gasteiger partial charge in [0.2, 0.25) is 5.91 Å². The highest BCUT2D eigenvalue weighted by Gasteiger charge is 2.42. The molecule has 2 fully saturated rings. The largest absolute Gasteiger partial charge is 0.481 e. The van der Waals surface area contributed by atoms with Crippen LogP contribution in [-0.4, -0.2) is 36.2 Å². The van der Waals surface area contributed by atoms with E-state index in [0.29, 0.717) is 25.4 Å². The minimum atomic E-state index is -0.777. The number of hydrogen-bond donors (Lipinski definition) is 2. The molecule has 2 atom stereocenters. The molecule has 1 saturated heterocycles. The number of aliphatic carboxylic acids is 1. The molecular formula is C15H25NO4. The summed E-state index contributed by atoms with van der Waals surface area (Å²) in [6.45, 7) is 4.80. The molecular weight excluding hydrogens is 258 g/mol. The van der Waals surface area contributed by atoms with Crippen LogP contribution in [0, 0.1) is 17.3 Å². The maximum atomic E-state index is 12.1. The highest BCUT2D eigenvalue weighted by atomic mass is 16.5. The van der Waals surface area contributed by atoms with Gasteiger partial charge in [0.25, 0.3) is 0 Å². The van der Waals surface area contributed by atoms with Crippen LogP contribution in [0.3, 0.4) is 0 Å². The molecule has 2 N–H and O–H groups in total. The number of hydrogen-bond acceptors (Lipinski definition) is 3. The molecule has 2 unspecified atom stereocenters. The zero-order valence-corrected chi connectivity index (χ0v) is 12.4. The van der Waals surface area contributed by atoms with Crippen molar-refractivity contribution in [1.82, 2.24) is 5.32 Å². The van der Waals surface area contributed by atoms with Crippen molar-refractivity contribution in [3.05, 3.63) is 0 Å². The zero-order valence-electron chi connectivity index (χ0n) is 12.4. The maximum absolute atomic E-state index is 12.1. The average Bonchev–Trinajstić information content (AvgIpc) is 2.84. The summed E-state index contributed by atoms with van der Waals surface area (Å²) in [6.07, 6.45) is 4.00. The molecule has 0 bridgehead atoms. The van der Waals surface area contributed by atoms with Crippen molar-refractivity contribution in [3.8, 4) is 0 Å². The molecule has 5 heteroatoms. The average molecular weight is 283 g/mol. The summed E-state index contributed by atoms with van der Waals surface area (Å²) in [4.78, 5) is 23.7. The summed E-state index contributed by atoms with van der Waals surface area (Å²) >= 11 is 0. The van der Waals surface area contributed by atoms with Crippen molar-refractivity contribution in [3.63, 3.8) is 0 Å². The van der Waals surface area contributed by atoms with E-state index in [9.17, 15) is 14.7 Å². The summed E-state index contributed by atoms with van der Waals surface area (Å²) in [5.41, 5.74) is -0.771. The van der Waals surface area contributed by atoms with Crippen molar-refractivity contribution in [2.24, 2.45) is 17.3 Å². The Kier molecular flexibility index (Phi) is 4.68. The van der Waals surface area contributed by atoms with Crippen LogP contribution in [0.2, 0.25) is 0 Å². The topological polar surface area (TPSA) is 75.6 Å². The van der Waals surface area contributed by atoms with E-state index in [1.54, 1.807) is 0 Å². The minimum absolute atomic E-state index is 0.0615. The third-order valence-corrected chi connectivity index (χ3v) is 4.86. The Morgan fingerprint density at radius 2 is 1.95 bits per heavy atom. The molecule has 0 aromatic heterocycles. The van der Waals surface area contributed by atoms with Crippen LogP contribution in [0.15, 0.2) is 0 Å². The van der Waals surface area contributed by atoms with E-state index in [1.165, 1.54) is 0 Å². The molecule has 5 nitrogen and oxygen atoms in total. The van der Waals surface area contributed by atoms with E-state index in [4.69, 9.17) is 4.74 Å². The summed E-state index contributed by atoms with van der Waals surface area (Å²) in [5, 5.41) is 12.4. The lowest BCUT2D eigenvalue weighted by molar-refractivity contribution is -0.151. The molecule has 0 spiro atoms. The number of ether oxygens (including phenoxy) is 1. The second kappa shape index (κ2) is 6.12. The van der Waals surface area contributed by atoms with Crippen LogP contribution in [0.5, 0.6) is 0 Å². The van der Waals surface area contributed by atoms with Crippen LogP contribution in [0.25, 0.3) is 0 Å². The van der Waals surface area contributed by atoms with E-state index < -0.39 is 11.4 Å². The lowest BCUT2D eigenvalue weighted by Gasteiger charge is -2.36. The first-order valence-corrected chi connectivity index (χ1v) is 7.56. The molecule has 2 rings (SSSR count). The smallest absolute Gasteiger partial charge is 0.311 e. The molecule has 1 amide bonds. The Labute approximate surface area is 120 Å².